The van der Waals surface area contributed by atoms with Gasteiger partial charge in [0, 0.05) is 6.54 Å². The predicted octanol–water partition coefficient (Wildman–Crippen LogP) is 1.24. The van der Waals surface area contributed by atoms with Crippen LogP contribution < -0.4 is 5.73 Å². The SMILES string of the molecule is CCN(CCCN(C)C)CC(C)(C)CN. The summed E-state index contributed by atoms with van der Waals surface area (Å²) in [5, 5.41) is 0. The lowest BCUT2D eigenvalue weighted by Crippen LogP contribution is -2.39. The van der Waals surface area contributed by atoms with Crippen molar-refractivity contribution < 1.29 is 0 Å². The van der Waals surface area contributed by atoms with Crippen molar-refractivity contribution in [1.29, 1.82) is 0 Å². The predicted molar refractivity (Wildman–Crippen MR) is 68.1 cm³/mol. The van der Waals surface area contributed by atoms with E-state index in [0.717, 1.165) is 19.6 Å². The first kappa shape index (κ1) is 14.9. The Bertz CT molecular complexity index is 155. The molecule has 0 saturated carbocycles. The van der Waals surface area contributed by atoms with Crippen LogP contribution in [0.4, 0.5) is 0 Å². The molecule has 0 unspecified atom stereocenters. The maximum Gasteiger partial charge on any atom is 0.00446 e. The van der Waals surface area contributed by atoms with Gasteiger partial charge in [-0.1, -0.05) is 20.8 Å². The molecule has 0 saturated heterocycles. The van der Waals surface area contributed by atoms with Crippen LogP contribution in [0.1, 0.15) is 27.2 Å². The molecule has 15 heavy (non-hydrogen) atoms. The van der Waals surface area contributed by atoms with Crippen molar-refractivity contribution in [3.8, 4) is 0 Å². The lowest BCUT2D eigenvalue weighted by molar-refractivity contribution is 0.183. The molecule has 0 rings (SSSR count). The summed E-state index contributed by atoms with van der Waals surface area (Å²) in [6.07, 6.45) is 1.24. The maximum atomic E-state index is 5.75. The quantitative estimate of drug-likeness (QED) is 0.661. The maximum absolute atomic E-state index is 5.75. The first-order valence-electron chi connectivity index (χ1n) is 5.98. The van der Waals surface area contributed by atoms with E-state index >= 15 is 0 Å². The van der Waals surface area contributed by atoms with Gasteiger partial charge < -0.3 is 15.5 Å². The normalized spacial score (nSPS) is 12.8. The van der Waals surface area contributed by atoms with E-state index in [1.54, 1.807) is 0 Å². The summed E-state index contributed by atoms with van der Waals surface area (Å²) in [6, 6.07) is 0. The first-order valence-corrected chi connectivity index (χ1v) is 5.98. The van der Waals surface area contributed by atoms with Crippen molar-refractivity contribution >= 4 is 0 Å². The number of hydrogen-bond acceptors (Lipinski definition) is 3. The van der Waals surface area contributed by atoms with Gasteiger partial charge in [0.05, 0.1) is 0 Å². The Kier molecular flexibility index (Phi) is 7.14. The minimum atomic E-state index is 0.244. The highest BCUT2D eigenvalue weighted by Gasteiger charge is 2.18. The van der Waals surface area contributed by atoms with Crippen molar-refractivity contribution in [2.45, 2.75) is 27.2 Å². The first-order chi connectivity index (χ1) is 6.91. The summed E-state index contributed by atoms with van der Waals surface area (Å²) in [4.78, 5) is 4.73. The van der Waals surface area contributed by atoms with Gasteiger partial charge in [-0.2, -0.15) is 0 Å². The Balaban J connectivity index is 3.82. The number of nitrogens with zero attached hydrogens (tertiary/aromatic N) is 2. The molecule has 2 N–H and O–H groups in total. The van der Waals surface area contributed by atoms with Gasteiger partial charge in [-0.25, -0.2) is 0 Å². The zero-order chi connectivity index (χ0) is 11.9. The van der Waals surface area contributed by atoms with Crippen molar-refractivity contribution in [2.24, 2.45) is 11.1 Å². The number of rotatable bonds is 8. The minimum absolute atomic E-state index is 0.244. The molecule has 0 aliphatic rings. The molecule has 0 aromatic carbocycles. The molecule has 0 aliphatic carbocycles. The molecule has 92 valence electrons. The summed E-state index contributed by atoms with van der Waals surface area (Å²) in [7, 11) is 4.25. The molecule has 0 aliphatic heterocycles. The third-order valence-electron chi connectivity index (χ3n) is 2.73. The molecular formula is C12H29N3. The second-order valence-corrected chi connectivity index (χ2v) is 5.39. The van der Waals surface area contributed by atoms with E-state index in [1.807, 2.05) is 0 Å². The molecule has 0 radical (unpaired) electrons. The standard InChI is InChI=1S/C12H29N3/c1-6-15(9-7-8-14(4)5)11-12(2,3)10-13/h6-11,13H2,1-5H3. The second-order valence-electron chi connectivity index (χ2n) is 5.39. The van der Waals surface area contributed by atoms with Crippen LogP contribution in [0.15, 0.2) is 0 Å². The minimum Gasteiger partial charge on any atom is -0.330 e. The molecule has 3 nitrogen and oxygen atoms in total. The lowest BCUT2D eigenvalue weighted by Gasteiger charge is -2.31. The van der Waals surface area contributed by atoms with Gasteiger partial charge in [0.1, 0.15) is 0 Å². The Morgan fingerprint density at radius 3 is 2.13 bits per heavy atom. The molecule has 0 spiro atoms. The molecule has 0 amide bonds. The van der Waals surface area contributed by atoms with E-state index in [-0.39, 0.29) is 5.41 Å². The Morgan fingerprint density at radius 1 is 1.13 bits per heavy atom. The molecule has 0 aromatic heterocycles. The van der Waals surface area contributed by atoms with E-state index in [0.29, 0.717) is 0 Å². The van der Waals surface area contributed by atoms with Gasteiger partial charge in [0.25, 0.3) is 0 Å². The van der Waals surface area contributed by atoms with Gasteiger partial charge in [-0.15, -0.1) is 0 Å². The Labute approximate surface area is 95.6 Å². The fourth-order valence-corrected chi connectivity index (χ4v) is 1.63. The molecule has 0 bridgehead atoms. The molecule has 0 atom stereocenters. The summed E-state index contributed by atoms with van der Waals surface area (Å²) in [6.45, 7) is 12.0. The van der Waals surface area contributed by atoms with Crippen LogP contribution in [0, 0.1) is 5.41 Å². The van der Waals surface area contributed by atoms with Crippen molar-refractivity contribution in [3.63, 3.8) is 0 Å². The average molecular weight is 215 g/mol. The molecule has 0 fully saturated rings. The second kappa shape index (κ2) is 7.20. The zero-order valence-corrected chi connectivity index (χ0v) is 11.2. The van der Waals surface area contributed by atoms with Gasteiger partial charge >= 0.3 is 0 Å². The van der Waals surface area contributed by atoms with Crippen LogP contribution in [0.2, 0.25) is 0 Å². The van der Waals surface area contributed by atoms with Gasteiger partial charge in [0.2, 0.25) is 0 Å². The molecule has 3 heteroatoms. The highest BCUT2D eigenvalue weighted by atomic mass is 15.1. The lowest BCUT2D eigenvalue weighted by atomic mass is 9.93. The van der Waals surface area contributed by atoms with Crippen molar-refractivity contribution in [1.82, 2.24) is 9.80 Å². The topological polar surface area (TPSA) is 32.5 Å². The summed E-state index contributed by atoms with van der Waals surface area (Å²) >= 11 is 0. The molecule has 0 aromatic rings. The van der Waals surface area contributed by atoms with Crippen molar-refractivity contribution in [2.75, 3.05) is 46.8 Å². The van der Waals surface area contributed by atoms with E-state index < -0.39 is 0 Å². The monoisotopic (exact) mass is 215 g/mol. The molecule has 0 heterocycles. The van der Waals surface area contributed by atoms with Crippen LogP contribution in [-0.4, -0.2) is 56.6 Å². The van der Waals surface area contributed by atoms with Crippen LogP contribution >= 0.6 is 0 Å². The Hall–Kier alpha value is -0.120. The van der Waals surface area contributed by atoms with Crippen LogP contribution in [0.3, 0.4) is 0 Å². The smallest absolute Gasteiger partial charge is 0.00446 e. The molecular weight excluding hydrogens is 186 g/mol. The summed E-state index contributed by atoms with van der Waals surface area (Å²) in [5.74, 6) is 0. The largest absolute Gasteiger partial charge is 0.330 e. The van der Waals surface area contributed by atoms with E-state index in [1.165, 1.54) is 19.5 Å². The third kappa shape index (κ3) is 7.77. The Morgan fingerprint density at radius 2 is 1.73 bits per heavy atom. The van der Waals surface area contributed by atoms with Gasteiger partial charge in [0.15, 0.2) is 0 Å². The highest BCUT2D eigenvalue weighted by molar-refractivity contribution is 4.74. The van der Waals surface area contributed by atoms with Crippen LogP contribution in [0.5, 0.6) is 0 Å². The number of nitrogens with two attached hydrogens (primary N) is 1. The van der Waals surface area contributed by atoms with E-state index in [9.17, 15) is 0 Å². The van der Waals surface area contributed by atoms with Crippen LogP contribution in [0.25, 0.3) is 0 Å². The summed E-state index contributed by atoms with van der Waals surface area (Å²) < 4.78 is 0. The summed E-state index contributed by atoms with van der Waals surface area (Å²) in [5.41, 5.74) is 6.00. The van der Waals surface area contributed by atoms with Gasteiger partial charge in [-0.05, 0) is 52.1 Å². The average Bonchev–Trinajstić information content (AvgIpc) is 2.15. The van der Waals surface area contributed by atoms with Crippen molar-refractivity contribution in [3.05, 3.63) is 0 Å². The number of hydrogen-bond donors (Lipinski definition) is 1. The third-order valence-corrected chi connectivity index (χ3v) is 2.73. The fraction of sp³-hybridized carbons (Fsp3) is 1.00. The van der Waals surface area contributed by atoms with E-state index in [4.69, 9.17) is 5.73 Å². The van der Waals surface area contributed by atoms with Gasteiger partial charge in [-0.3, -0.25) is 0 Å². The fourth-order valence-electron chi connectivity index (χ4n) is 1.63. The van der Waals surface area contributed by atoms with Crippen LogP contribution in [-0.2, 0) is 0 Å². The highest BCUT2D eigenvalue weighted by Crippen LogP contribution is 2.14. The van der Waals surface area contributed by atoms with E-state index in [2.05, 4.69) is 44.7 Å². The zero-order valence-electron chi connectivity index (χ0n) is 11.2.